The minimum Gasteiger partial charge on any atom is -0.464 e. The molecule has 0 N–H and O–H groups in total. The lowest BCUT2D eigenvalue weighted by atomic mass is 9.87. The molecule has 0 unspecified atom stereocenters. The first-order valence-corrected chi connectivity index (χ1v) is 7.45. The van der Waals surface area contributed by atoms with Gasteiger partial charge in [0.25, 0.3) is 0 Å². The van der Waals surface area contributed by atoms with Gasteiger partial charge in [0.15, 0.2) is 5.69 Å². The Morgan fingerprint density at radius 2 is 2.09 bits per heavy atom. The SMILES string of the molecule is COC(=O)c1cn(-c2cc(C3CCCCC3)oc(=O)c2)cn1. The third-order valence-corrected chi connectivity index (χ3v) is 4.06. The molecule has 6 nitrogen and oxygen atoms in total. The molecule has 1 aliphatic rings. The van der Waals surface area contributed by atoms with Crippen LogP contribution in [0.25, 0.3) is 5.69 Å². The zero-order chi connectivity index (χ0) is 15.5. The van der Waals surface area contributed by atoms with Gasteiger partial charge >= 0.3 is 11.6 Å². The van der Waals surface area contributed by atoms with Crippen LogP contribution in [0.5, 0.6) is 0 Å². The number of imidazole rings is 1. The Hall–Kier alpha value is -2.37. The summed E-state index contributed by atoms with van der Waals surface area (Å²) in [5.74, 6) is 0.509. The molecule has 0 bridgehead atoms. The van der Waals surface area contributed by atoms with Crippen molar-refractivity contribution in [1.82, 2.24) is 9.55 Å². The highest BCUT2D eigenvalue weighted by molar-refractivity contribution is 5.86. The summed E-state index contributed by atoms with van der Waals surface area (Å²) in [6.07, 6.45) is 8.70. The third kappa shape index (κ3) is 2.95. The van der Waals surface area contributed by atoms with E-state index < -0.39 is 5.97 Å². The molecule has 0 saturated heterocycles. The highest BCUT2D eigenvalue weighted by Gasteiger charge is 2.19. The van der Waals surface area contributed by atoms with Gasteiger partial charge < -0.3 is 13.7 Å². The van der Waals surface area contributed by atoms with Crippen molar-refractivity contribution in [2.45, 2.75) is 38.0 Å². The summed E-state index contributed by atoms with van der Waals surface area (Å²) in [5, 5.41) is 0. The molecular formula is C16H18N2O4. The summed E-state index contributed by atoms with van der Waals surface area (Å²) in [6, 6.07) is 3.26. The number of ether oxygens (including phenoxy) is 1. The Kier molecular flexibility index (Phi) is 4.09. The van der Waals surface area contributed by atoms with Crippen molar-refractivity contribution >= 4 is 5.97 Å². The smallest absolute Gasteiger partial charge is 0.358 e. The van der Waals surface area contributed by atoms with E-state index >= 15 is 0 Å². The van der Waals surface area contributed by atoms with E-state index in [1.165, 1.54) is 25.9 Å². The highest BCUT2D eigenvalue weighted by atomic mass is 16.5. The number of esters is 1. The van der Waals surface area contributed by atoms with Crippen molar-refractivity contribution in [2.75, 3.05) is 7.11 Å². The van der Waals surface area contributed by atoms with Gasteiger partial charge in [0.2, 0.25) is 0 Å². The van der Waals surface area contributed by atoms with Crippen LogP contribution in [0.2, 0.25) is 0 Å². The molecular weight excluding hydrogens is 284 g/mol. The molecule has 0 aliphatic heterocycles. The molecule has 2 heterocycles. The fourth-order valence-corrected chi connectivity index (χ4v) is 2.89. The van der Waals surface area contributed by atoms with Gasteiger partial charge in [-0.1, -0.05) is 19.3 Å². The number of hydrogen-bond acceptors (Lipinski definition) is 5. The first-order valence-electron chi connectivity index (χ1n) is 7.45. The van der Waals surface area contributed by atoms with E-state index in [0.717, 1.165) is 31.4 Å². The molecule has 0 radical (unpaired) electrons. The van der Waals surface area contributed by atoms with Crippen LogP contribution in [0, 0.1) is 0 Å². The predicted octanol–water partition coefficient (Wildman–Crippen LogP) is 2.66. The minimum absolute atomic E-state index is 0.204. The Morgan fingerprint density at radius 1 is 1.32 bits per heavy atom. The second-order valence-corrected chi connectivity index (χ2v) is 5.53. The van der Waals surface area contributed by atoms with E-state index in [0.29, 0.717) is 11.6 Å². The van der Waals surface area contributed by atoms with E-state index in [-0.39, 0.29) is 11.3 Å². The molecule has 6 heteroatoms. The Bertz CT molecular complexity index is 726. The lowest BCUT2D eigenvalue weighted by Gasteiger charge is -2.20. The maximum absolute atomic E-state index is 11.8. The quantitative estimate of drug-likeness (QED) is 0.815. The molecule has 2 aromatic heterocycles. The number of rotatable bonds is 3. The third-order valence-electron chi connectivity index (χ3n) is 4.06. The van der Waals surface area contributed by atoms with Crippen LogP contribution in [0.1, 0.15) is 54.3 Å². The molecule has 1 saturated carbocycles. The van der Waals surface area contributed by atoms with Crippen LogP contribution in [0.3, 0.4) is 0 Å². The fraction of sp³-hybridized carbons (Fsp3) is 0.438. The van der Waals surface area contributed by atoms with Crippen molar-refractivity contribution in [3.63, 3.8) is 0 Å². The van der Waals surface area contributed by atoms with Crippen LogP contribution in [0.15, 0.2) is 33.9 Å². The van der Waals surface area contributed by atoms with Crippen LogP contribution < -0.4 is 5.63 Å². The molecule has 0 amide bonds. The monoisotopic (exact) mass is 302 g/mol. The van der Waals surface area contributed by atoms with Crippen molar-refractivity contribution < 1.29 is 13.9 Å². The average Bonchev–Trinajstić information content (AvgIpc) is 3.04. The van der Waals surface area contributed by atoms with E-state index in [1.54, 1.807) is 10.8 Å². The van der Waals surface area contributed by atoms with E-state index in [9.17, 15) is 9.59 Å². The Labute approximate surface area is 127 Å². The van der Waals surface area contributed by atoms with E-state index in [1.807, 2.05) is 6.07 Å². The lowest BCUT2D eigenvalue weighted by Crippen LogP contribution is -2.10. The van der Waals surface area contributed by atoms with Gasteiger partial charge in [-0.25, -0.2) is 14.6 Å². The maximum Gasteiger partial charge on any atom is 0.358 e. The summed E-state index contributed by atoms with van der Waals surface area (Å²) >= 11 is 0. The van der Waals surface area contributed by atoms with Gasteiger partial charge in [0.1, 0.15) is 12.1 Å². The molecule has 0 atom stereocenters. The molecule has 0 spiro atoms. The molecule has 116 valence electrons. The van der Waals surface area contributed by atoms with E-state index in [4.69, 9.17) is 4.42 Å². The van der Waals surface area contributed by atoms with E-state index in [2.05, 4.69) is 9.72 Å². The molecule has 2 aromatic rings. The lowest BCUT2D eigenvalue weighted by molar-refractivity contribution is 0.0594. The molecule has 22 heavy (non-hydrogen) atoms. The number of carbonyl (C=O) groups is 1. The predicted molar refractivity (Wildman–Crippen MR) is 79.3 cm³/mol. The molecule has 1 aliphatic carbocycles. The number of aromatic nitrogens is 2. The van der Waals surface area contributed by atoms with Crippen LogP contribution >= 0.6 is 0 Å². The van der Waals surface area contributed by atoms with Crippen LogP contribution in [-0.4, -0.2) is 22.6 Å². The van der Waals surface area contributed by atoms with Crippen molar-refractivity contribution in [3.05, 3.63) is 46.5 Å². The average molecular weight is 302 g/mol. The normalized spacial score (nSPS) is 15.7. The number of carbonyl (C=O) groups excluding carboxylic acids is 1. The summed E-state index contributed by atoms with van der Waals surface area (Å²) in [4.78, 5) is 27.3. The molecule has 1 fully saturated rings. The summed E-state index contributed by atoms with van der Waals surface area (Å²) in [6.45, 7) is 0. The fourth-order valence-electron chi connectivity index (χ4n) is 2.89. The summed E-state index contributed by atoms with van der Waals surface area (Å²) in [5.41, 5.74) is 0.473. The zero-order valence-corrected chi connectivity index (χ0v) is 12.4. The van der Waals surface area contributed by atoms with Gasteiger partial charge in [0, 0.05) is 24.2 Å². The topological polar surface area (TPSA) is 74.3 Å². The van der Waals surface area contributed by atoms with Crippen molar-refractivity contribution in [2.24, 2.45) is 0 Å². The van der Waals surface area contributed by atoms with Crippen LogP contribution in [-0.2, 0) is 4.74 Å². The molecule has 0 aromatic carbocycles. The first kappa shape index (κ1) is 14.6. The number of nitrogens with zero attached hydrogens (tertiary/aromatic N) is 2. The van der Waals surface area contributed by atoms with Gasteiger partial charge in [-0.3, -0.25) is 0 Å². The van der Waals surface area contributed by atoms with Crippen LogP contribution in [0.4, 0.5) is 0 Å². The van der Waals surface area contributed by atoms with Crippen molar-refractivity contribution in [1.29, 1.82) is 0 Å². The minimum atomic E-state index is -0.505. The summed E-state index contributed by atoms with van der Waals surface area (Å²) in [7, 11) is 1.31. The zero-order valence-electron chi connectivity index (χ0n) is 12.4. The van der Waals surface area contributed by atoms with Gasteiger partial charge in [0.05, 0.1) is 12.8 Å². The second-order valence-electron chi connectivity index (χ2n) is 5.53. The van der Waals surface area contributed by atoms with Gasteiger partial charge in [-0.15, -0.1) is 0 Å². The first-order chi connectivity index (χ1) is 10.7. The standard InChI is InChI=1S/C16H18N2O4/c1-21-16(20)13-9-18(10-17-13)12-7-14(22-15(19)8-12)11-5-3-2-4-6-11/h7-11H,2-6H2,1H3. The second kappa shape index (κ2) is 6.17. The Morgan fingerprint density at radius 3 is 2.82 bits per heavy atom. The molecule has 3 rings (SSSR count). The van der Waals surface area contributed by atoms with Crippen molar-refractivity contribution in [3.8, 4) is 5.69 Å². The number of hydrogen-bond donors (Lipinski definition) is 0. The highest BCUT2D eigenvalue weighted by Crippen LogP contribution is 2.32. The maximum atomic E-state index is 11.8. The van der Waals surface area contributed by atoms with Gasteiger partial charge in [-0.2, -0.15) is 0 Å². The summed E-state index contributed by atoms with van der Waals surface area (Å²) < 4.78 is 11.6. The Balaban J connectivity index is 1.93. The number of methoxy groups -OCH3 is 1. The largest absolute Gasteiger partial charge is 0.464 e. The van der Waals surface area contributed by atoms with Gasteiger partial charge in [-0.05, 0) is 12.8 Å².